The molecule has 3 atom stereocenters. The van der Waals surface area contributed by atoms with Crippen LogP contribution in [0.25, 0.3) is 0 Å². The molecule has 0 aromatic heterocycles. The van der Waals surface area contributed by atoms with E-state index in [2.05, 4.69) is 24.1 Å². The summed E-state index contributed by atoms with van der Waals surface area (Å²) >= 11 is 0. The fraction of sp³-hybridized carbons (Fsp3) is 1.00. The van der Waals surface area contributed by atoms with Crippen LogP contribution in [-0.2, 0) is 0 Å². The molecule has 2 heteroatoms. The van der Waals surface area contributed by atoms with Crippen LogP contribution in [-0.4, -0.2) is 36.1 Å². The maximum atomic E-state index is 3.47. The van der Waals surface area contributed by atoms with Crippen LogP contribution in [0.1, 0.15) is 39.5 Å². The summed E-state index contributed by atoms with van der Waals surface area (Å²) in [6, 6.07) is 2.54. The number of hydrogen-bond donors (Lipinski definition) is 1. The molecule has 2 nitrogen and oxygen atoms in total. The molecule has 2 saturated heterocycles. The topological polar surface area (TPSA) is 15.3 Å². The Balaban J connectivity index is 2.00. The highest BCUT2D eigenvalue weighted by molar-refractivity contribution is 4.92. The van der Waals surface area contributed by atoms with E-state index < -0.39 is 0 Å². The van der Waals surface area contributed by atoms with E-state index in [9.17, 15) is 0 Å². The van der Waals surface area contributed by atoms with Crippen LogP contribution >= 0.6 is 0 Å². The lowest BCUT2D eigenvalue weighted by molar-refractivity contribution is 0.143. The quantitative estimate of drug-likeness (QED) is 0.698. The normalized spacial score (nSPS) is 41.5. The second kappa shape index (κ2) is 3.97. The predicted octanol–water partition coefficient (Wildman–Crippen LogP) is 1.61. The SMILES string of the molecule is CCC1CCC(C)N1C1CCNC1. The van der Waals surface area contributed by atoms with Crippen molar-refractivity contribution in [3.8, 4) is 0 Å². The van der Waals surface area contributed by atoms with Gasteiger partial charge in [-0.1, -0.05) is 6.92 Å². The van der Waals surface area contributed by atoms with Gasteiger partial charge in [-0.15, -0.1) is 0 Å². The highest BCUT2D eigenvalue weighted by Gasteiger charge is 2.35. The summed E-state index contributed by atoms with van der Waals surface area (Å²) in [4.78, 5) is 2.78. The van der Waals surface area contributed by atoms with Crippen molar-refractivity contribution in [1.82, 2.24) is 10.2 Å². The molecule has 76 valence electrons. The predicted molar refractivity (Wildman–Crippen MR) is 55.9 cm³/mol. The van der Waals surface area contributed by atoms with Crippen molar-refractivity contribution in [3.05, 3.63) is 0 Å². The lowest BCUT2D eigenvalue weighted by Crippen LogP contribution is -2.43. The molecular formula is C11H22N2. The molecule has 0 aliphatic carbocycles. The standard InChI is InChI=1S/C11H22N2/c1-3-10-5-4-9(2)13(10)11-6-7-12-8-11/h9-12H,3-8H2,1-2H3. The summed E-state index contributed by atoms with van der Waals surface area (Å²) in [5, 5.41) is 3.47. The first-order valence-corrected chi connectivity index (χ1v) is 5.81. The summed E-state index contributed by atoms with van der Waals surface area (Å²) in [6.45, 7) is 7.18. The summed E-state index contributed by atoms with van der Waals surface area (Å²) in [5.41, 5.74) is 0. The van der Waals surface area contributed by atoms with Gasteiger partial charge >= 0.3 is 0 Å². The molecular weight excluding hydrogens is 160 g/mol. The van der Waals surface area contributed by atoms with Gasteiger partial charge < -0.3 is 5.32 Å². The summed E-state index contributed by atoms with van der Waals surface area (Å²) < 4.78 is 0. The van der Waals surface area contributed by atoms with Gasteiger partial charge in [0.2, 0.25) is 0 Å². The van der Waals surface area contributed by atoms with E-state index in [1.807, 2.05) is 0 Å². The fourth-order valence-corrected chi connectivity index (χ4v) is 3.06. The van der Waals surface area contributed by atoms with Gasteiger partial charge in [-0.05, 0) is 39.2 Å². The molecule has 0 saturated carbocycles. The summed E-state index contributed by atoms with van der Waals surface area (Å²) in [7, 11) is 0. The molecule has 0 radical (unpaired) electrons. The molecule has 0 spiro atoms. The zero-order valence-corrected chi connectivity index (χ0v) is 8.92. The molecule has 0 amide bonds. The average Bonchev–Trinajstić information content (AvgIpc) is 2.72. The second-order valence-electron chi connectivity index (χ2n) is 4.58. The van der Waals surface area contributed by atoms with Crippen molar-refractivity contribution in [2.24, 2.45) is 0 Å². The van der Waals surface area contributed by atoms with Crippen LogP contribution in [0.5, 0.6) is 0 Å². The van der Waals surface area contributed by atoms with Gasteiger partial charge in [0.1, 0.15) is 0 Å². The van der Waals surface area contributed by atoms with Crippen LogP contribution in [0.3, 0.4) is 0 Å². The Kier molecular flexibility index (Phi) is 2.89. The number of likely N-dealkylation sites (tertiary alicyclic amines) is 1. The Hall–Kier alpha value is -0.0800. The molecule has 2 fully saturated rings. The first-order chi connectivity index (χ1) is 6.33. The van der Waals surface area contributed by atoms with Crippen molar-refractivity contribution in [3.63, 3.8) is 0 Å². The van der Waals surface area contributed by atoms with Gasteiger partial charge in [-0.3, -0.25) is 4.90 Å². The van der Waals surface area contributed by atoms with Crippen LogP contribution in [0.2, 0.25) is 0 Å². The van der Waals surface area contributed by atoms with Crippen LogP contribution < -0.4 is 5.32 Å². The van der Waals surface area contributed by atoms with Crippen molar-refractivity contribution in [2.75, 3.05) is 13.1 Å². The van der Waals surface area contributed by atoms with E-state index in [1.54, 1.807) is 0 Å². The lowest BCUT2D eigenvalue weighted by Gasteiger charge is -2.33. The molecule has 2 rings (SSSR count). The third kappa shape index (κ3) is 1.75. The van der Waals surface area contributed by atoms with Crippen molar-refractivity contribution in [2.45, 2.75) is 57.7 Å². The van der Waals surface area contributed by atoms with E-state index >= 15 is 0 Å². The maximum Gasteiger partial charge on any atom is 0.0238 e. The Morgan fingerprint density at radius 1 is 1.31 bits per heavy atom. The van der Waals surface area contributed by atoms with Gasteiger partial charge in [-0.25, -0.2) is 0 Å². The smallest absolute Gasteiger partial charge is 0.0238 e. The minimum Gasteiger partial charge on any atom is -0.315 e. The van der Waals surface area contributed by atoms with E-state index in [4.69, 9.17) is 0 Å². The van der Waals surface area contributed by atoms with Gasteiger partial charge in [0, 0.05) is 24.7 Å². The molecule has 2 aliphatic heterocycles. The monoisotopic (exact) mass is 182 g/mol. The Labute approximate surface area is 81.7 Å². The largest absolute Gasteiger partial charge is 0.315 e. The van der Waals surface area contributed by atoms with E-state index in [0.29, 0.717) is 0 Å². The molecule has 2 heterocycles. The van der Waals surface area contributed by atoms with E-state index in [-0.39, 0.29) is 0 Å². The molecule has 13 heavy (non-hydrogen) atoms. The van der Waals surface area contributed by atoms with Gasteiger partial charge in [0.05, 0.1) is 0 Å². The minimum atomic E-state index is 0.829. The summed E-state index contributed by atoms with van der Waals surface area (Å²) in [6.07, 6.45) is 5.53. The van der Waals surface area contributed by atoms with Crippen LogP contribution in [0.15, 0.2) is 0 Å². The zero-order valence-electron chi connectivity index (χ0n) is 8.92. The first-order valence-electron chi connectivity index (χ1n) is 5.81. The molecule has 0 aromatic carbocycles. The van der Waals surface area contributed by atoms with E-state index in [0.717, 1.165) is 18.1 Å². The number of nitrogens with zero attached hydrogens (tertiary/aromatic N) is 1. The highest BCUT2D eigenvalue weighted by Crippen LogP contribution is 2.29. The molecule has 2 aliphatic rings. The highest BCUT2D eigenvalue weighted by atomic mass is 15.3. The molecule has 3 unspecified atom stereocenters. The van der Waals surface area contributed by atoms with Gasteiger partial charge in [0.25, 0.3) is 0 Å². The second-order valence-corrected chi connectivity index (χ2v) is 4.58. The Morgan fingerprint density at radius 2 is 2.15 bits per heavy atom. The number of nitrogens with one attached hydrogen (secondary N) is 1. The van der Waals surface area contributed by atoms with Crippen molar-refractivity contribution >= 4 is 0 Å². The fourth-order valence-electron chi connectivity index (χ4n) is 3.06. The molecule has 0 aromatic rings. The van der Waals surface area contributed by atoms with Gasteiger partial charge in [0.15, 0.2) is 0 Å². The van der Waals surface area contributed by atoms with Crippen molar-refractivity contribution in [1.29, 1.82) is 0 Å². The first kappa shape index (κ1) is 9.47. The Bertz CT molecular complexity index is 163. The molecule has 0 bridgehead atoms. The lowest BCUT2D eigenvalue weighted by atomic mass is 10.1. The van der Waals surface area contributed by atoms with Crippen LogP contribution in [0, 0.1) is 0 Å². The van der Waals surface area contributed by atoms with E-state index in [1.165, 1.54) is 38.8 Å². The zero-order chi connectivity index (χ0) is 9.26. The number of rotatable bonds is 2. The Morgan fingerprint density at radius 3 is 2.77 bits per heavy atom. The van der Waals surface area contributed by atoms with Crippen molar-refractivity contribution < 1.29 is 0 Å². The summed E-state index contributed by atoms with van der Waals surface area (Å²) in [5.74, 6) is 0. The maximum absolute atomic E-state index is 3.47. The van der Waals surface area contributed by atoms with Gasteiger partial charge in [-0.2, -0.15) is 0 Å². The third-order valence-corrected chi connectivity index (χ3v) is 3.78. The average molecular weight is 182 g/mol. The number of hydrogen-bond acceptors (Lipinski definition) is 2. The molecule has 1 N–H and O–H groups in total. The van der Waals surface area contributed by atoms with Crippen LogP contribution in [0.4, 0.5) is 0 Å². The third-order valence-electron chi connectivity index (χ3n) is 3.78. The minimum absolute atomic E-state index is 0.829.